The molecule has 7 nitrogen and oxygen atoms in total. The Hall–Kier alpha value is -1.34. The van der Waals surface area contributed by atoms with Gasteiger partial charge in [-0.1, -0.05) is 0 Å². The van der Waals surface area contributed by atoms with Crippen LogP contribution < -0.4 is 5.32 Å². The van der Waals surface area contributed by atoms with E-state index >= 15 is 0 Å². The van der Waals surface area contributed by atoms with Crippen LogP contribution in [-0.4, -0.2) is 66.1 Å². The molecule has 104 valence electrons. The number of carboxylic acids is 1. The smallest absolute Gasteiger partial charge is 0.326 e. The van der Waals surface area contributed by atoms with Gasteiger partial charge in [0.05, 0.1) is 6.10 Å². The topological polar surface area (TPSA) is 99.1 Å². The van der Waals surface area contributed by atoms with Gasteiger partial charge in [-0.05, 0) is 12.8 Å². The molecule has 1 rings (SSSR count). The number of nitrogens with one attached hydrogen (secondary N) is 1. The van der Waals surface area contributed by atoms with Crippen LogP contribution in [0.1, 0.15) is 19.3 Å². The average Bonchev–Trinajstić information content (AvgIpc) is 2.38. The predicted molar refractivity (Wildman–Crippen MR) is 63.3 cm³/mol. The van der Waals surface area contributed by atoms with Crippen LogP contribution in [0.3, 0.4) is 0 Å². The number of carbonyl (C=O) groups is 2. The van der Waals surface area contributed by atoms with Gasteiger partial charge in [-0.25, -0.2) is 9.59 Å². The molecule has 3 N–H and O–H groups in total. The van der Waals surface area contributed by atoms with Crippen LogP contribution in [0.4, 0.5) is 4.79 Å². The highest BCUT2D eigenvalue weighted by Crippen LogP contribution is 2.12. The van der Waals surface area contributed by atoms with Crippen molar-refractivity contribution in [2.75, 3.05) is 26.8 Å². The number of hydrogen-bond acceptors (Lipinski definition) is 4. The van der Waals surface area contributed by atoms with Crippen molar-refractivity contribution < 1.29 is 24.5 Å². The largest absolute Gasteiger partial charge is 0.480 e. The zero-order chi connectivity index (χ0) is 13.5. The molecule has 7 heteroatoms. The number of amides is 2. The Labute approximate surface area is 106 Å². The number of methoxy groups -OCH3 is 1. The van der Waals surface area contributed by atoms with E-state index in [1.165, 1.54) is 0 Å². The minimum Gasteiger partial charge on any atom is -0.480 e. The zero-order valence-corrected chi connectivity index (χ0v) is 10.5. The van der Waals surface area contributed by atoms with Gasteiger partial charge in [0.25, 0.3) is 0 Å². The van der Waals surface area contributed by atoms with Crippen LogP contribution in [-0.2, 0) is 9.53 Å². The van der Waals surface area contributed by atoms with Gasteiger partial charge in [-0.3, -0.25) is 0 Å². The Morgan fingerprint density at radius 1 is 1.56 bits per heavy atom. The Balaban J connectivity index is 2.50. The normalized spacial score (nSPS) is 21.4. The second-order valence-corrected chi connectivity index (χ2v) is 4.30. The number of hydrogen-bond donors (Lipinski definition) is 3. The van der Waals surface area contributed by atoms with E-state index in [0.29, 0.717) is 13.1 Å². The molecule has 0 aliphatic carbocycles. The molecule has 0 bridgehead atoms. The zero-order valence-electron chi connectivity index (χ0n) is 10.5. The second-order valence-electron chi connectivity index (χ2n) is 4.30. The molecule has 1 fully saturated rings. The Bertz CT molecular complexity index is 297. The summed E-state index contributed by atoms with van der Waals surface area (Å²) in [7, 11) is 1.60. The Morgan fingerprint density at radius 3 is 2.83 bits per heavy atom. The molecule has 1 aliphatic heterocycles. The van der Waals surface area contributed by atoms with Gasteiger partial charge >= 0.3 is 12.0 Å². The number of carbonyl (C=O) groups excluding carboxylic acids is 1. The number of aliphatic hydroxyl groups is 1. The average molecular weight is 260 g/mol. The lowest BCUT2D eigenvalue weighted by atomic mass is 10.1. The monoisotopic (exact) mass is 260 g/mol. The van der Waals surface area contributed by atoms with Gasteiger partial charge in [-0.2, -0.15) is 0 Å². The molecule has 0 radical (unpaired) electrons. The van der Waals surface area contributed by atoms with E-state index in [1.54, 1.807) is 12.0 Å². The van der Waals surface area contributed by atoms with Crippen molar-refractivity contribution in [1.29, 1.82) is 0 Å². The molecule has 2 amide bonds. The van der Waals surface area contributed by atoms with E-state index in [2.05, 4.69) is 5.32 Å². The van der Waals surface area contributed by atoms with Gasteiger partial charge in [0.2, 0.25) is 0 Å². The maximum Gasteiger partial charge on any atom is 0.326 e. The van der Waals surface area contributed by atoms with Crippen molar-refractivity contribution in [3.05, 3.63) is 0 Å². The number of piperidine rings is 1. The maximum atomic E-state index is 11.9. The number of urea groups is 1. The van der Waals surface area contributed by atoms with Gasteiger partial charge in [0.1, 0.15) is 6.04 Å². The van der Waals surface area contributed by atoms with Gasteiger partial charge in [-0.15, -0.1) is 0 Å². The summed E-state index contributed by atoms with van der Waals surface area (Å²) in [5, 5.41) is 20.0. The minimum atomic E-state index is -1.14. The van der Waals surface area contributed by atoms with Crippen molar-refractivity contribution in [1.82, 2.24) is 10.2 Å². The standard InChI is InChI=1S/C11H20N2O5/c1-18-8-3-2-5-13(7-8)11(17)12-9(4-6-14)10(15)16/h8-9,14H,2-7H2,1H3,(H,12,17)(H,15,16)/t8?,9-/m1/s1. The molecule has 1 aliphatic rings. The number of nitrogens with zero attached hydrogens (tertiary/aromatic N) is 1. The molecule has 0 spiro atoms. The summed E-state index contributed by atoms with van der Waals surface area (Å²) in [4.78, 5) is 24.3. The Morgan fingerprint density at radius 2 is 2.28 bits per heavy atom. The summed E-state index contributed by atoms with van der Waals surface area (Å²) in [5.74, 6) is -1.14. The van der Waals surface area contributed by atoms with Crippen molar-refractivity contribution in [3.8, 4) is 0 Å². The molecular weight excluding hydrogens is 240 g/mol. The molecule has 1 saturated heterocycles. The fourth-order valence-corrected chi connectivity index (χ4v) is 1.94. The summed E-state index contributed by atoms with van der Waals surface area (Å²) >= 11 is 0. The summed E-state index contributed by atoms with van der Waals surface area (Å²) in [6.07, 6.45) is 1.75. The molecule has 0 aromatic rings. The first kappa shape index (κ1) is 14.7. The number of aliphatic hydroxyl groups excluding tert-OH is 1. The molecule has 0 aromatic carbocycles. The molecule has 18 heavy (non-hydrogen) atoms. The summed E-state index contributed by atoms with van der Waals surface area (Å²) in [6.45, 7) is 0.781. The summed E-state index contributed by atoms with van der Waals surface area (Å²) < 4.78 is 5.19. The third-order valence-corrected chi connectivity index (χ3v) is 3.01. The minimum absolute atomic E-state index is 0.00260. The number of ether oxygens (including phenoxy) is 1. The van der Waals surface area contributed by atoms with Gasteiger partial charge < -0.3 is 25.2 Å². The number of likely N-dealkylation sites (tertiary alicyclic amines) is 1. The van der Waals surface area contributed by atoms with Crippen LogP contribution in [0.15, 0.2) is 0 Å². The van der Waals surface area contributed by atoms with Crippen LogP contribution in [0, 0.1) is 0 Å². The van der Waals surface area contributed by atoms with Crippen molar-refractivity contribution in [2.45, 2.75) is 31.4 Å². The lowest BCUT2D eigenvalue weighted by Gasteiger charge is -2.32. The first-order valence-electron chi connectivity index (χ1n) is 6.00. The maximum absolute atomic E-state index is 11.9. The summed E-state index contributed by atoms with van der Waals surface area (Å²) in [5.41, 5.74) is 0. The van der Waals surface area contributed by atoms with Crippen molar-refractivity contribution in [2.24, 2.45) is 0 Å². The molecule has 0 saturated carbocycles. The first-order chi connectivity index (χ1) is 8.58. The van der Waals surface area contributed by atoms with Crippen LogP contribution in [0.5, 0.6) is 0 Å². The van der Waals surface area contributed by atoms with E-state index in [4.69, 9.17) is 14.9 Å². The van der Waals surface area contributed by atoms with Gasteiger partial charge in [0.15, 0.2) is 0 Å². The molecule has 0 aromatic heterocycles. The van der Waals surface area contributed by atoms with Crippen LogP contribution in [0.2, 0.25) is 0 Å². The molecule has 1 unspecified atom stereocenters. The molecule has 2 atom stereocenters. The van der Waals surface area contributed by atoms with Crippen LogP contribution in [0.25, 0.3) is 0 Å². The lowest BCUT2D eigenvalue weighted by Crippen LogP contribution is -2.52. The number of rotatable bonds is 5. The third kappa shape index (κ3) is 4.15. The predicted octanol–water partition coefficient (Wildman–Crippen LogP) is -0.358. The molecule has 1 heterocycles. The van der Waals surface area contributed by atoms with E-state index in [1.807, 2.05) is 0 Å². The summed E-state index contributed by atoms with van der Waals surface area (Å²) in [6, 6.07) is -1.47. The lowest BCUT2D eigenvalue weighted by molar-refractivity contribution is -0.139. The molecular formula is C11H20N2O5. The van der Waals surface area contributed by atoms with E-state index in [-0.39, 0.29) is 19.1 Å². The number of aliphatic carboxylic acids is 1. The highest BCUT2D eigenvalue weighted by atomic mass is 16.5. The second kappa shape index (κ2) is 7.17. The van der Waals surface area contributed by atoms with E-state index < -0.39 is 18.0 Å². The van der Waals surface area contributed by atoms with Gasteiger partial charge in [0, 0.05) is 33.2 Å². The van der Waals surface area contributed by atoms with E-state index in [9.17, 15) is 9.59 Å². The van der Waals surface area contributed by atoms with Crippen molar-refractivity contribution >= 4 is 12.0 Å². The van der Waals surface area contributed by atoms with Crippen molar-refractivity contribution in [3.63, 3.8) is 0 Å². The number of carboxylic acid groups (broad SMARTS) is 1. The quantitative estimate of drug-likeness (QED) is 0.627. The highest BCUT2D eigenvalue weighted by molar-refractivity contribution is 5.82. The van der Waals surface area contributed by atoms with E-state index in [0.717, 1.165) is 12.8 Å². The third-order valence-electron chi connectivity index (χ3n) is 3.01. The fraction of sp³-hybridized carbons (Fsp3) is 0.818. The SMILES string of the molecule is COC1CCCN(C(=O)N[C@H](CCO)C(=O)O)C1. The highest BCUT2D eigenvalue weighted by Gasteiger charge is 2.26. The first-order valence-corrected chi connectivity index (χ1v) is 6.00. The van der Waals surface area contributed by atoms with Crippen LogP contribution >= 0.6 is 0 Å². The Kier molecular flexibility index (Phi) is 5.87. The fourth-order valence-electron chi connectivity index (χ4n) is 1.94.